The van der Waals surface area contributed by atoms with Crippen LogP contribution in [0.5, 0.6) is 0 Å². The molecule has 0 aliphatic carbocycles. The molecule has 326 valence electrons. The molecule has 0 aliphatic heterocycles. The first-order valence-electron chi connectivity index (χ1n) is 24.4. The molecular weight excluding hydrogens is 685 g/mol. The molecule has 6 nitrogen and oxygen atoms in total. The van der Waals surface area contributed by atoms with E-state index in [0.717, 1.165) is 63.7 Å². The molecule has 0 radical (unpaired) electrons. The third kappa shape index (κ3) is 41.9. The van der Waals surface area contributed by atoms with Crippen molar-refractivity contribution in [2.24, 2.45) is 5.92 Å². The lowest BCUT2D eigenvalue weighted by Crippen LogP contribution is -2.30. The first-order valence-corrected chi connectivity index (χ1v) is 24.4. The van der Waals surface area contributed by atoms with Gasteiger partial charge in [-0.05, 0) is 25.2 Å². The van der Waals surface area contributed by atoms with Crippen LogP contribution in [0.2, 0.25) is 0 Å². The van der Waals surface area contributed by atoms with Gasteiger partial charge in [-0.1, -0.05) is 233 Å². The zero-order valence-corrected chi connectivity index (χ0v) is 37.4. The molecule has 0 rings (SSSR count). The van der Waals surface area contributed by atoms with Crippen molar-refractivity contribution in [3.63, 3.8) is 0 Å². The van der Waals surface area contributed by atoms with Crippen molar-refractivity contribution >= 4 is 17.9 Å². The Balaban J connectivity index is 4.30. The van der Waals surface area contributed by atoms with Gasteiger partial charge in [-0.2, -0.15) is 0 Å². The third-order valence-electron chi connectivity index (χ3n) is 11.4. The maximum absolute atomic E-state index is 12.7. The molecule has 0 spiro atoms. The van der Waals surface area contributed by atoms with E-state index in [1.54, 1.807) is 0 Å². The van der Waals surface area contributed by atoms with Gasteiger partial charge in [0, 0.05) is 19.3 Å². The van der Waals surface area contributed by atoms with E-state index in [1.165, 1.54) is 167 Å². The summed E-state index contributed by atoms with van der Waals surface area (Å²) in [6.07, 6.45) is 43.6. The van der Waals surface area contributed by atoms with Crippen molar-refractivity contribution in [1.82, 2.24) is 0 Å². The lowest BCUT2D eigenvalue weighted by molar-refractivity contribution is -0.167. The molecule has 0 aromatic rings. The summed E-state index contributed by atoms with van der Waals surface area (Å²) in [7, 11) is 0. The van der Waals surface area contributed by atoms with Crippen molar-refractivity contribution in [2.45, 2.75) is 278 Å². The highest BCUT2D eigenvalue weighted by molar-refractivity contribution is 5.71. The first kappa shape index (κ1) is 53.4. The van der Waals surface area contributed by atoms with Gasteiger partial charge in [-0.3, -0.25) is 14.4 Å². The van der Waals surface area contributed by atoms with Gasteiger partial charge in [0.05, 0.1) is 0 Å². The SMILES string of the molecule is CCCCCCCCCCCCCCCCC(=O)OC[C@@H](COC(=O)CCCCCCCCCCC)OC(=O)CCCCCCCCCCCCC(C)CC. The molecule has 0 N–H and O–H groups in total. The highest BCUT2D eigenvalue weighted by Gasteiger charge is 2.19. The predicted octanol–water partition coefficient (Wildman–Crippen LogP) is 15.5. The Morgan fingerprint density at radius 1 is 0.364 bits per heavy atom. The summed E-state index contributed by atoms with van der Waals surface area (Å²) >= 11 is 0. The standard InChI is InChI=1S/C49H94O6/c1-5-8-10-12-14-16-17-18-19-20-25-29-33-37-41-48(51)54-44-46(43-53-47(50)40-36-32-28-23-15-13-11-9-6-2)55-49(52)42-38-34-30-26-22-21-24-27-31-35-39-45(4)7-3/h45-46H,5-44H2,1-4H3/t45?,46-/m1/s1. The molecule has 1 unspecified atom stereocenters. The van der Waals surface area contributed by atoms with E-state index in [1.807, 2.05) is 0 Å². The number of unbranched alkanes of at least 4 members (excludes halogenated alkanes) is 30. The van der Waals surface area contributed by atoms with Gasteiger partial charge in [-0.25, -0.2) is 0 Å². The molecular formula is C49H94O6. The summed E-state index contributed by atoms with van der Waals surface area (Å²) in [5.41, 5.74) is 0. The minimum absolute atomic E-state index is 0.0634. The van der Waals surface area contributed by atoms with Gasteiger partial charge < -0.3 is 14.2 Å². The number of rotatable bonds is 44. The van der Waals surface area contributed by atoms with Crippen LogP contribution in [-0.4, -0.2) is 37.2 Å². The van der Waals surface area contributed by atoms with Crippen LogP contribution < -0.4 is 0 Å². The lowest BCUT2D eigenvalue weighted by Gasteiger charge is -2.18. The number of ether oxygens (including phenoxy) is 3. The normalized spacial score (nSPS) is 12.4. The number of esters is 3. The van der Waals surface area contributed by atoms with Crippen molar-refractivity contribution in [3.8, 4) is 0 Å². The Morgan fingerprint density at radius 2 is 0.636 bits per heavy atom. The molecule has 0 saturated carbocycles. The average Bonchev–Trinajstić information content (AvgIpc) is 3.18. The van der Waals surface area contributed by atoms with Gasteiger partial charge >= 0.3 is 17.9 Å². The van der Waals surface area contributed by atoms with Crippen molar-refractivity contribution in [3.05, 3.63) is 0 Å². The maximum atomic E-state index is 12.7. The van der Waals surface area contributed by atoms with Gasteiger partial charge in [-0.15, -0.1) is 0 Å². The van der Waals surface area contributed by atoms with Crippen molar-refractivity contribution in [2.75, 3.05) is 13.2 Å². The zero-order valence-electron chi connectivity index (χ0n) is 37.4. The van der Waals surface area contributed by atoms with Crippen LogP contribution >= 0.6 is 0 Å². The average molecular weight is 779 g/mol. The summed E-state index contributed by atoms with van der Waals surface area (Å²) in [5.74, 6) is 0.0160. The third-order valence-corrected chi connectivity index (χ3v) is 11.4. The summed E-state index contributed by atoms with van der Waals surface area (Å²) in [5, 5.41) is 0. The van der Waals surface area contributed by atoms with Crippen LogP contribution in [0.3, 0.4) is 0 Å². The minimum atomic E-state index is -0.759. The predicted molar refractivity (Wildman–Crippen MR) is 233 cm³/mol. The van der Waals surface area contributed by atoms with Crippen LogP contribution in [0, 0.1) is 5.92 Å². The van der Waals surface area contributed by atoms with E-state index in [4.69, 9.17) is 14.2 Å². The Bertz CT molecular complexity index is 828. The highest BCUT2D eigenvalue weighted by atomic mass is 16.6. The first-order chi connectivity index (χ1) is 26.9. The Labute approximate surface area is 342 Å². The van der Waals surface area contributed by atoms with Crippen LogP contribution in [0.4, 0.5) is 0 Å². The Hall–Kier alpha value is -1.59. The molecule has 0 saturated heterocycles. The summed E-state index contributed by atoms with van der Waals surface area (Å²) in [6, 6.07) is 0. The smallest absolute Gasteiger partial charge is 0.306 e. The van der Waals surface area contributed by atoms with Gasteiger partial charge in [0.1, 0.15) is 13.2 Å². The number of hydrogen-bond acceptors (Lipinski definition) is 6. The molecule has 6 heteroatoms. The van der Waals surface area contributed by atoms with E-state index < -0.39 is 6.10 Å². The molecule has 55 heavy (non-hydrogen) atoms. The molecule has 0 aliphatic rings. The molecule has 0 fully saturated rings. The fraction of sp³-hybridized carbons (Fsp3) is 0.939. The maximum Gasteiger partial charge on any atom is 0.306 e. The Kier molecular flexibility index (Phi) is 42.3. The lowest BCUT2D eigenvalue weighted by atomic mass is 9.99. The van der Waals surface area contributed by atoms with Gasteiger partial charge in [0.25, 0.3) is 0 Å². The van der Waals surface area contributed by atoms with Crippen LogP contribution in [0.15, 0.2) is 0 Å². The number of carbonyl (C=O) groups excluding carboxylic acids is 3. The molecule has 0 aromatic carbocycles. The minimum Gasteiger partial charge on any atom is -0.462 e. The fourth-order valence-corrected chi connectivity index (χ4v) is 7.30. The van der Waals surface area contributed by atoms with E-state index >= 15 is 0 Å². The largest absolute Gasteiger partial charge is 0.462 e. The molecule has 2 atom stereocenters. The summed E-state index contributed by atoms with van der Waals surface area (Å²) < 4.78 is 16.7. The second kappa shape index (κ2) is 43.5. The van der Waals surface area contributed by atoms with Crippen LogP contribution in [0.1, 0.15) is 272 Å². The Morgan fingerprint density at radius 3 is 0.945 bits per heavy atom. The van der Waals surface area contributed by atoms with E-state index in [9.17, 15) is 14.4 Å². The topological polar surface area (TPSA) is 78.9 Å². The van der Waals surface area contributed by atoms with Gasteiger partial charge in [0.15, 0.2) is 6.10 Å². The van der Waals surface area contributed by atoms with Crippen LogP contribution in [-0.2, 0) is 28.6 Å². The van der Waals surface area contributed by atoms with Crippen molar-refractivity contribution in [1.29, 1.82) is 0 Å². The van der Waals surface area contributed by atoms with E-state index in [-0.39, 0.29) is 31.1 Å². The van der Waals surface area contributed by atoms with Gasteiger partial charge in [0.2, 0.25) is 0 Å². The summed E-state index contributed by atoms with van der Waals surface area (Å²) in [4.78, 5) is 37.8. The highest BCUT2D eigenvalue weighted by Crippen LogP contribution is 2.17. The second-order valence-corrected chi connectivity index (χ2v) is 17.0. The molecule has 0 aromatic heterocycles. The number of hydrogen-bond donors (Lipinski definition) is 0. The quantitative estimate of drug-likeness (QED) is 0.0348. The monoisotopic (exact) mass is 779 g/mol. The molecule has 0 heterocycles. The van der Waals surface area contributed by atoms with E-state index in [0.29, 0.717) is 19.3 Å². The fourth-order valence-electron chi connectivity index (χ4n) is 7.30. The van der Waals surface area contributed by atoms with E-state index in [2.05, 4.69) is 27.7 Å². The molecule has 0 amide bonds. The number of carbonyl (C=O) groups is 3. The van der Waals surface area contributed by atoms with Crippen LogP contribution in [0.25, 0.3) is 0 Å². The second-order valence-electron chi connectivity index (χ2n) is 17.0. The van der Waals surface area contributed by atoms with Crippen molar-refractivity contribution < 1.29 is 28.6 Å². The summed E-state index contributed by atoms with van der Waals surface area (Å²) in [6.45, 7) is 9.02. The molecule has 0 bridgehead atoms. The zero-order chi connectivity index (χ0) is 40.3.